The zero-order chi connectivity index (χ0) is 21.3. The fourth-order valence-corrected chi connectivity index (χ4v) is 3.68. The minimum Gasteiger partial charge on any atom is -0.447 e. The molecule has 0 unspecified atom stereocenters. The number of fused-ring (bicyclic) bond motifs is 1. The van der Waals surface area contributed by atoms with Gasteiger partial charge in [0.2, 0.25) is 5.60 Å². The number of carbonyl (C=O) groups is 1. The van der Waals surface area contributed by atoms with Gasteiger partial charge >= 0.3 is 6.09 Å². The number of aliphatic hydroxyl groups is 2. The third-order valence-corrected chi connectivity index (χ3v) is 5.51. The maximum absolute atomic E-state index is 11.9. The number of ether oxygens (including phenoxy) is 2. The van der Waals surface area contributed by atoms with Crippen LogP contribution in [0.2, 0.25) is 0 Å². The Labute approximate surface area is 171 Å². The maximum Gasteiger partial charge on any atom is 0.407 e. The third-order valence-electron chi connectivity index (χ3n) is 5.51. The molecule has 4 atom stereocenters. The Kier molecular flexibility index (Phi) is 5.44. The molecule has 12 heteroatoms. The van der Waals surface area contributed by atoms with Crippen LogP contribution in [0.1, 0.15) is 12.1 Å². The number of anilines is 1. The molecule has 0 radical (unpaired) electrons. The highest BCUT2D eigenvalue weighted by Gasteiger charge is 2.57. The summed E-state index contributed by atoms with van der Waals surface area (Å²) < 4.78 is 12.2. The summed E-state index contributed by atoms with van der Waals surface area (Å²) in [5.74, 6) is 0.187. The van der Waals surface area contributed by atoms with Gasteiger partial charge in [0.15, 0.2) is 5.82 Å². The molecule has 0 saturated carbocycles. The van der Waals surface area contributed by atoms with E-state index in [1.807, 2.05) is 6.07 Å². The fourth-order valence-electron chi connectivity index (χ4n) is 3.68. The number of rotatable bonds is 6. The van der Waals surface area contributed by atoms with Crippen LogP contribution in [-0.2, 0) is 15.1 Å². The number of carbonyl (C=O) groups excluding carboxylic acids is 1. The molecule has 2 fully saturated rings. The number of nitrogen functional groups attached to an aromatic ring is 1. The van der Waals surface area contributed by atoms with Gasteiger partial charge in [-0.1, -0.05) is 0 Å². The summed E-state index contributed by atoms with van der Waals surface area (Å²) in [6.45, 7) is 2.89. The van der Waals surface area contributed by atoms with E-state index in [0.29, 0.717) is 12.1 Å². The van der Waals surface area contributed by atoms with Crippen molar-refractivity contribution in [3.8, 4) is 6.07 Å². The number of likely N-dealkylation sites (tertiary alicyclic amines) is 1. The predicted molar refractivity (Wildman–Crippen MR) is 102 cm³/mol. The van der Waals surface area contributed by atoms with Crippen LogP contribution in [-0.4, -0.2) is 86.9 Å². The van der Waals surface area contributed by atoms with Crippen LogP contribution in [0.3, 0.4) is 0 Å². The number of hydrogen-bond donors (Lipinski definition) is 4. The van der Waals surface area contributed by atoms with E-state index in [1.165, 1.54) is 23.3 Å². The lowest BCUT2D eigenvalue weighted by Gasteiger charge is -2.30. The standard InChI is InChI=1S/C18H23N7O5/c19-9-18(13-3-2-11-16(20)22-10-23-25(11)13)15(27)14(26)12(30-18)8-29-17(28)21-4-7-24-5-1-6-24/h2-3,10,12,14-15,26-27H,1,4-8H2,(H,21,28)(H2,20,22,23)/t12-,14-,15-,18+/m1/s1. The molecule has 2 aliphatic rings. The Morgan fingerprint density at radius 3 is 2.97 bits per heavy atom. The zero-order valence-corrected chi connectivity index (χ0v) is 16.1. The van der Waals surface area contributed by atoms with Gasteiger partial charge < -0.3 is 35.6 Å². The van der Waals surface area contributed by atoms with Crippen molar-refractivity contribution in [3.05, 3.63) is 24.2 Å². The summed E-state index contributed by atoms with van der Waals surface area (Å²) >= 11 is 0. The van der Waals surface area contributed by atoms with Gasteiger partial charge in [-0.05, 0) is 31.6 Å². The highest BCUT2D eigenvalue weighted by molar-refractivity contribution is 5.67. The van der Waals surface area contributed by atoms with Gasteiger partial charge in [0.1, 0.15) is 42.8 Å². The van der Waals surface area contributed by atoms with Crippen LogP contribution >= 0.6 is 0 Å². The molecule has 4 heterocycles. The van der Waals surface area contributed by atoms with Crippen LogP contribution < -0.4 is 11.1 Å². The Hall–Kier alpha value is -2.98. The summed E-state index contributed by atoms with van der Waals surface area (Å²) in [5.41, 5.74) is 4.50. The molecule has 0 aromatic carbocycles. The van der Waals surface area contributed by atoms with Crippen LogP contribution in [0.4, 0.5) is 10.6 Å². The predicted octanol–water partition coefficient (Wildman–Crippen LogP) is -1.42. The normalized spacial score (nSPS) is 28.8. The molecule has 0 aliphatic carbocycles. The van der Waals surface area contributed by atoms with Crippen molar-refractivity contribution in [2.45, 2.75) is 30.3 Å². The van der Waals surface area contributed by atoms with Crippen molar-refractivity contribution in [1.29, 1.82) is 5.26 Å². The van der Waals surface area contributed by atoms with E-state index in [-0.39, 0.29) is 18.1 Å². The molecule has 30 heavy (non-hydrogen) atoms. The monoisotopic (exact) mass is 417 g/mol. The SMILES string of the molecule is N#C[C@@]1(c2ccc3c(N)ncnn23)O[C@H](COC(=O)NCCN2CCC2)[C@@H](O)[C@H]1O. The van der Waals surface area contributed by atoms with Gasteiger partial charge in [-0.25, -0.2) is 14.3 Å². The van der Waals surface area contributed by atoms with Gasteiger partial charge in [0.05, 0.1) is 5.69 Å². The van der Waals surface area contributed by atoms with Crippen LogP contribution in [0.25, 0.3) is 5.52 Å². The largest absolute Gasteiger partial charge is 0.447 e. The number of hydrogen-bond acceptors (Lipinski definition) is 10. The van der Waals surface area contributed by atoms with Crippen molar-refractivity contribution in [2.24, 2.45) is 0 Å². The Morgan fingerprint density at radius 1 is 1.47 bits per heavy atom. The fraction of sp³-hybridized carbons (Fsp3) is 0.556. The molecule has 5 N–H and O–H groups in total. The Balaban J connectivity index is 1.44. The zero-order valence-electron chi connectivity index (χ0n) is 16.1. The lowest BCUT2D eigenvalue weighted by atomic mass is 9.92. The van der Waals surface area contributed by atoms with Gasteiger partial charge in [-0.2, -0.15) is 10.4 Å². The molecule has 2 aromatic heterocycles. The maximum atomic E-state index is 11.9. The summed E-state index contributed by atoms with van der Waals surface area (Å²) in [7, 11) is 0. The number of aromatic nitrogens is 3. The topological polar surface area (TPSA) is 171 Å². The number of nitrogens with one attached hydrogen (secondary N) is 1. The van der Waals surface area contributed by atoms with Crippen LogP contribution in [0.15, 0.2) is 18.5 Å². The molecule has 4 rings (SSSR count). The van der Waals surface area contributed by atoms with Crippen molar-refractivity contribution in [2.75, 3.05) is 38.5 Å². The average Bonchev–Trinajstić information content (AvgIpc) is 3.24. The Morgan fingerprint density at radius 2 is 2.27 bits per heavy atom. The summed E-state index contributed by atoms with van der Waals surface area (Å²) in [4.78, 5) is 18.0. The molecule has 2 saturated heterocycles. The molecule has 12 nitrogen and oxygen atoms in total. The van der Waals surface area contributed by atoms with E-state index in [2.05, 4.69) is 20.3 Å². The van der Waals surface area contributed by atoms with E-state index in [4.69, 9.17) is 15.2 Å². The third kappa shape index (κ3) is 3.41. The lowest BCUT2D eigenvalue weighted by Crippen LogP contribution is -2.43. The molecule has 0 bridgehead atoms. The first-order valence-corrected chi connectivity index (χ1v) is 9.63. The first-order chi connectivity index (χ1) is 14.5. The highest BCUT2D eigenvalue weighted by atomic mass is 16.6. The molecular formula is C18H23N7O5. The Bertz CT molecular complexity index is 971. The second kappa shape index (κ2) is 8.04. The summed E-state index contributed by atoms with van der Waals surface area (Å²) in [6.07, 6.45) is -2.45. The van der Waals surface area contributed by atoms with Crippen LogP contribution in [0.5, 0.6) is 0 Å². The second-order valence-corrected chi connectivity index (χ2v) is 7.32. The van der Waals surface area contributed by atoms with Crippen molar-refractivity contribution < 1.29 is 24.5 Å². The molecular weight excluding hydrogens is 394 g/mol. The molecule has 1 amide bonds. The van der Waals surface area contributed by atoms with Crippen LogP contribution in [0, 0.1) is 11.3 Å². The van der Waals surface area contributed by atoms with E-state index in [1.54, 1.807) is 6.07 Å². The number of nitrogens with two attached hydrogens (primary N) is 1. The summed E-state index contributed by atoms with van der Waals surface area (Å²) in [6, 6.07) is 5.04. The van der Waals surface area contributed by atoms with Crippen molar-refractivity contribution in [3.63, 3.8) is 0 Å². The second-order valence-electron chi connectivity index (χ2n) is 7.32. The number of aliphatic hydroxyl groups excluding tert-OH is 2. The van der Waals surface area contributed by atoms with E-state index < -0.39 is 30.0 Å². The molecule has 2 aliphatic heterocycles. The van der Waals surface area contributed by atoms with Gasteiger partial charge in [0, 0.05) is 13.1 Å². The number of nitriles is 1. The highest BCUT2D eigenvalue weighted by Crippen LogP contribution is 2.40. The van der Waals surface area contributed by atoms with Gasteiger partial charge in [0.25, 0.3) is 0 Å². The van der Waals surface area contributed by atoms with E-state index >= 15 is 0 Å². The van der Waals surface area contributed by atoms with Gasteiger partial charge in [-0.15, -0.1) is 0 Å². The van der Waals surface area contributed by atoms with Gasteiger partial charge in [-0.3, -0.25) is 0 Å². The average molecular weight is 417 g/mol. The molecule has 160 valence electrons. The number of alkyl carbamates (subject to hydrolysis) is 1. The van der Waals surface area contributed by atoms with Crippen molar-refractivity contribution >= 4 is 17.4 Å². The van der Waals surface area contributed by atoms with E-state index in [0.717, 1.165) is 19.6 Å². The first kappa shape index (κ1) is 20.3. The summed E-state index contributed by atoms with van der Waals surface area (Å²) in [5, 5.41) is 37.6. The quantitative estimate of drug-likeness (QED) is 0.437. The minimum atomic E-state index is -1.92. The van der Waals surface area contributed by atoms with E-state index in [9.17, 15) is 20.3 Å². The molecule has 2 aromatic rings. The number of nitrogens with zero attached hydrogens (tertiary/aromatic N) is 5. The van der Waals surface area contributed by atoms with Crippen molar-refractivity contribution in [1.82, 2.24) is 24.8 Å². The first-order valence-electron chi connectivity index (χ1n) is 9.63. The smallest absolute Gasteiger partial charge is 0.407 e. The molecule has 0 spiro atoms. The lowest BCUT2D eigenvalue weighted by molar-refractivity contribution is -0.0659. The minimum absolute atomic E-state index is 0.183. The number of amides is 1.